The first-order valence-electron chi connectivity index (χ1n) is 10.4. The van der Waals surface area contributed by atoms with Crippen molar-refractivity contribution in [2.75, 3.05) is 4.90 Å². The third-order valence-electron chi connectivity index (χ3n) is 5.14. The molecule has 174 valence electrons. The maximum atomic E-state index is 14.5. The SMILES string of the molecule is Cc1nc(C)c(C(=O)N(c2ccc(Cl)c(F)c2)[C@H](C(=O)NCc2ccco2)c2ccccc2)s1. The fourth-order valence-electron chi connectivity index (χ4n) is 3.59. The van der Waals surface area contributed by atoms with Gasteiger partial charge in [-0.3, -0.25) is 14.5 Å². The maximum absolute atomic E-state index is 14.5. The van der Waals surface area contributed by atoms with Crippen LogP contribution >= 0.6 is 22.9 Å². The smallest absolute Gasteiger partial charge is 0.271 e. The van der Waals surface area contributed by atoms with E-state index in [1.165, 1.54) is 34.6 Å². The van der Waals surface area contributed by atoms with Gasteiger partial charge in [0.1, 0.15) is 22.5 Å². The number of aryl methyl sites for hydroxylation is 2. The van der Waals surface area contributed by atoms with Gasteiger partial charge in [-0.2, -0.15) is 0 Å². The van der Waals surface area contributed by atoms with Crippen LogP contribution in [0.4, 0.5) is 10.1 Å². The van der Waals surface area contributed by atoms with Crippen molar-refractivity contribution in [3.63, 3.8) is 0 Å². The van der Waals surface area contributed by atoms with Crippen LogP contribution in [0.25, 0.3) is 0 Å². The molecule has 0 spiro atoms. The van der Waals surface area contributed by atoms with E-state index in [2.05, 4.69) is 10.3 Å². The molecule has 0 aliphatic rings. The highest BCUT2D eigenvalue weighted by atomic mass is 35.5. The Balaban J connectivity index is 1.82. The molecule has 2 aromatic carbocycles. The van der Waals surface area contributed by atoms with Gasteiger partial charge in [0.25, 0.3) is 5.91 Å². The number of aromatic nitrogens is 1. The number of hydrogen-bond acceptors (Lipinski definition) is 5. The molecule has 0 aliphatic carbocycles. The normalized spacial score (nSPS) is 11.8. The molecule has 6 nitrogen and oxygen atoms in total. The molecule has 34 heavy (non-hydrogen) atoms. The number of carbonyl (C=O) groups excluding carboxylic acids is 2. The lowest BCUT2D eigenvalue weighted by atomic mass is 10.0. The molecule has 0 saturated heterocycles. The lowest BCUT2D eigenvalue weighted by Gasteiger charge is -2.31. The highest BCUT2D eigenvalue weighted by Crippen LogP contribution is 2.33. The second kappa shape index (κ2) is 10.2. The second-order valence-electron chi connectivity index (χ2n) is 7.53. The molecule has 2 amide bonds. The van der Waals surface area contributed by atoms with E-state index in [9.17, 15) is 14.0 Å². The van der Waals surface area contributed by atoms with Crippen LogP contribution < -0.4 is 10.2 Å². The van der Waals surface area contributed by atoms with Crippen molar-refractivity contribution in [3.05, 3.63) is 105 Å². The summed E-state index contributed by atoms with van der Waals surface area (Å²) < 4.78 is 19.8. The molecular weight excluding hydrogens is 477 g/mol. The van der Waals surface area contributed by atoms with Gasteiger partial charge in [0.15, 0.2) is 0 Å². The topological polar surface area (TPSA) is 75.4 Å². The third-order valence-corrected chi connectivity index (χ3v) is 6.50. The van der Waals surface area contributed by atoms with Crippen LogP contribution in [0.2, 0.25) is 5.02 Å². The van der Waals surface area contributed by atoms with Gasteiger partial charge >= 0.3 is 0 Å². The molecule has 4 rings (SSSR count). The third kappa shape index (κ3) is 5.03. The number of hydrogen-bond donors (Lipinski definition) is 1. The standard InChI is InChI=1S/C25H21ClFN3O3S/c1-15-23(34-16(2)29-15)25(32)30(18-10-11-20(26)21(27)13-18)22(17-7-4-3-5-8-17)24(31)28-14-19-9-6-12-33-19/h3-13,22H,14H2,1-2H3,(H,28,31)/t22-/m0/s1. The summed E-state index contributed by atoms with van der Waals surface area (Å²) in [6, 6.07) is 15.2. The number of nitrogens with one attached hydrogen (secondary N) is 1. The average molecular weight is 498 g/mol. The lowest BCUT2D eigenvalue weighted by molar-refractivity contribution is -0.122. The van der Waals surface area contributed by atoms with E-state index in [0.29, 0.717) is 26.9 Å². The first kappa shape index (κ1) is 23.7. The molecule has 0 fully saturated rings. The second-order valence-corrected chi connectivity index (χ2v) is 9.14. The molecule has 1 atom stereocenters. The van der Waals surface area contributed by atoms with Crippen LogP contribution in [0.3, 0.4) is 0 Å². The Morgan fingerprint density at radius 3 is 2.53 bits per heavy atom. The summed E-state index contributed by atoms with van der Waals surface area (Å²) in [5, 5.41) is 3.45. The first-order chi connectivity index (χ1) is 16.3. The summed E-state index contributed by atoms with van der Waals surface area (Å²) in [5.74, 6) is -1.06. The van der Waals surface area contributed by atoms with E-state index in [1.807, 2.05) is 6.07 Å². The molecule has 0 bridgehead atoms. The van der Waals surface area contributed by atoms with Crippen LogP contribution in [-0.4, -0.2) is 16.8 Å². The molecule has 0 unspecified atom stereocenters. The van der Waals surface area contributed by atoms with Gasteiger partial charge in [-0.25, -0.2) is 9.37 Å². The monoisotopic (exact) mass is 497 g/mol. The fourth-order valence-corrected chi connectivity index (χ4v) is 4.57. The molecule has 2 aromatic heterocycles. The highest BCUT2D eigenvalue weighted by Gasteiger charge is 2.35. The molecule has 0 saturated carbocycles. The Labute approximate surface area is 205 Å². The molecule has 0 aliphatic heterocycles. The zero-order valence-corrected chi connectivity index (χ0v) is 20.0. The zero-order valence-electron chi connectivity index (χ0n) is 18.4. The largest absolute Gasteiger partial charge is 0.467 e. The molecule has 1 N–H and O–H groups in total. The number of halogens is 2. The molecule has 9 heteroatoms. The predicted molar refractivity (Wildman–Crippen MR) is 130 cm³/mol. The summed E-state index contributed by atoms with van der Waals surface area (Å²) >= 11 is 7.12. The minimum atomic E-state index is -1.09. The van der Waals surface area contributed by atoms with Crippen LogP contribution in [0, 0.1) is 19.7 Å². The molecule has 2 heterocycles. The van der Waals surface area contributed by atoms with Gasteiger partial charge in [-0.15, -0.1) is 11.3 Å². The average Bonchev–Trinajstić information content (AvgIpc) is 3.47. The van der Waals surface area contributed by atoms with Crippen molar-refractivity contribution in [1.29, 1.82) is 0 Å². The van der Waals surface area contributed by atoms with Gasteiger partial charge in [0.05, 0.1) is 28.5 Å². The highest BCUT2D eigenvalue weighted by molar-refractivity contribution is 7.13. The predicted octanol–water partition coefficient (Wildman–Crippen LogP) is 5.85. The van der Waals surface area contributed by atoms with Crippen molar-refractivity contribution in [2.45, 2.75) is 26.4 Å². The Hall–Kier alpha value is -3.49. The van der Waals surface area contributed by atoms with E-state index in [-0.39, 0.29) is 17.3 Å². The minimum Gasteiger partial charge on any atom is -0.467 e. The fraction of sp³-hybridized carbons (Fsp3) is 0.160. The molecule has 4 aromatic rings. The Bertz CT molecular complexity index is 1310. The van der Waals surface area contributed by atoms with Crippen molar-refractivity contribution < 1.29 is 18.4 Å². The number of nitrogens with zero attached hydrogens (tertiary/aromatic N) is 2. The van der Waals surface area contributed by atoms with Crippen molar-refractivity contribution in [3.8, 4) is 0 Å². The van der Waals surface area contributed by atoms with E-state index in [1.54, 1.807) is 50.2 Å². The minimum absolute atomic E-state index is 0.0838. The van der Waals surface area contributed by atoms with Gasteiger partial charge in [0, 0.05) is 5.69 Å². The summed E-state index contributed by atoms with van der Waals surface area (Å²) in [4.78, 5) is 33.4. The van der Waals surface area contributed by atoms with Crippen LogP contribution in [0.1, 0.15) is 37.7 Å². The summed E-state index contributed by atoms with van der Waals surface area (Å²) in [7, 11) is 0. The Morgan fingerprint density at radius 1 is 1.15 bits per heavy atom. The maximum Gasteiger partial charge on any atom is 0.271 e. The van der Waals surface area contributed by atoms with E-state index >= 15 is 0 Å². The van der Waals surface area contributed by atoms with E-state index in [0.717, 1.165) is 6.07 Å². The number of rotatable bonds is 7. The quantitative estimate of drug-likeness (QED) is 0.347. The molecular formula is C25H21ClFN3O3S. The van der Waals surface area contributed by atoms with Gasteiger partial charge < -0.3 is 9.73 Å². The van der Waals surface area contributed by atoms with Crippen molar-refractivity contribution >= 4 is 40.4 Å². The van der Waals surface area contributed by atoms with Crippen LogP contribution in [-0.2, 0) is 11.3 Å². The Morgan fingerprint density at radius 2 is 1.91 bits per heavy atom. The van der Waals surface area contributed by atoms with E-state index in [4.69, 9.17) is 16.0 Å². The zero-order chi connectivity index (χ0) is 24.2. The van der Waals surface area contributed by atoms with E-state index < -0.39 is 23.7 Å². The summed E-state index contributed by atoms with van der Waals surface area (Å²) in [5.41, 5.74) is 1.29. The number of amides is 2. The van der Waals surface area contributed by atoms with Crippen LogP contribution in [0.5, 0.6) is 0 Å². The first-order valence-corrected chi connectivity index (χ1v) is 11.6. The molecule has 0 radical (unpaired) electrons. The van der Waals surface area contributed by atoms with Gasteiger partial charge in [-0.1, -0.05) is 41.9 Å². The van der Waals surface area contributed by atoms with Crippen molar-refractivity contribution in [1.82, 2.24) is 10.3 Å². The lowest BCUT2D eigenvalue weighted by Crippen LogP contribution is -2.44. The summed E-state index contributed by atoms with van der Waals surface area (Å²) in [6.07, 6.45) is 1.51. The van der Waals surface area contributed by atoms with Crippen molar-refractivity contribution in [2.24, 2.45) is 0 Å². The number of benzene rings is 2. The number of furan rings is 1. The van der Waals surface area contributed by atoms with Gasteiger partial charge in [0.2, 0.25) is 5.91 Å². The van der Waals surface area contributed by atoms with Crippen LogP contribution in [0.15, 0.2) is 71.3 Å². The number of carbonyl (C=O) groups is 2. The Kier molecular flexibility index (Phi) is 7.09. The number of anilines is 1. The van der Waals surface area contributed by atoms with Gasteiger partial charge in [-0.05, 0) is 49.7 Å². The summed E-state index contributed by atoms with van der Waals surface area (Å²) in [6.45, 7) is 3.65. The number of thiazole rings is 1.